The number of alkyl carbamates (subject to hydrolysis) is 1. The van der Waals surface area contributed by atoms with Gasteiger partial charge < -0.3 is 25.4 Å². The minimum absolute atomic E-state index is 0.0263. The quantitative estimate of drug-likeness (QED) is 0.477. The Kier molecular flexibility index (Phi) is 7.38. The van der Waals surface area contributed by atoms with E-state index in [0.29, 0.717) is 29.6 Å². The summed E-state index contributed by atoms with van der Waals surface area (Å²) in [6.07, 6.45) is 4.05. The van der Waals surface area contributed by atoms with Gasteiger partial charge in [0.1, 0.15) is 23.2 Å². The molecule has 0 aliphatic carbocycles. The molecule has 0 spiro atoms. The minimum atomic E-state index is -0.539. The van der Waals surface area contributed by atoms with Gasteiger partial charge in [-0.05, 0) is 57.4 Å². The Morgan fingerprint density at radius 3 is 2.57 bits per heavy atom. The highest BCUT2D eigenvalue weighted by molar-refractivity contribution is 6.00. The maximum atomic E-state index is 12.6. The van der Waals surface area contributed by atoms with Crippen LogP contribution in [0.15, 0.2) is 36.7 Å². The van der Waals surface area contributed by atoms with Crippen molar-refractivity contribution in [2.45, 2.75) is 51.8 Å². The number of amides is 2. The summed E-state index contributed by atoms with van der Waals surface area (Å²) in [6, 6.07) is 8.75. The fraction of sp³-hybridized carbons (Fsp3) is 0.385. The second-order valence-electron chi connectivity index (χ2n) is 9.81. The van der Waals surface area contributed by atoms with Crippen LogP contribution in [0.4, 0.5) is 10.6 Å². The minimum Gasteiger partial charge on any atom is -0.505 e. The number of pyridine rings is 3. The third-order valence-corrected chi connectivity index (χ3v) is 5.85. The highest BCUT2D eigenvalue weighted by Gasteiger charge is 2.25. The first kappa shape index (κ1) is 25.6. The summed E-state index contributed by atoms with van der Waals surface area (Å²) in [6.45, 7) is 7.06. The molecule has 11 heteroatoms. The number of nitriles is 1. The summed E-state index contributed by atoms with van der Waals surface area (Å²) in [7, 11) is 0. The number of hydrogen-bond acceptors (Lipinski definition) is 9. The van der Waals surface area contributed by atoms with Crippen molar-refractivity contribution in [3.63, 3.8) is 0 Å². The van der Waals surface area contributed by atoms with Crippen molar-refractivity contribution in [2.75, 3.05) is 18.0 Å². The molecule has 0 atom stereocenters. The van der Waals surface area contributed by atoms with Crippen LogP contribution in [0.3, 0.4) is 0 Å². The molecule has 0 radical (unpaired) electrons. The van der Waals surface area contributed by atoms with E-state index in [-0.39, 0.29) is 29.7 Å². The van der Waals surface area contributed by atoms with Gasteiger partial charge in [-0.2, -0.15) is 5.26 Å². The van der Waals surface area contributed by atoms with Gasteiger partial charge in [0.15, 0.2) is 11.4 Å². The van der Waals surface area contributed by atoms with E-state index in [4.69, 9.17) is 10.00 Å². The standard InChI is InChI=1S/C26H29N7O4/c1-26(2,3)37-25(36)31-17-8-10-33(11-9-17)21-7-6-19-20(32-21)15-29-22(23(19)34)24(35)30-14-16-4-5-18(12-27)28-13-16/h4-7,13,15,17,34H,8-11,14H2,1-3H3,(H,30,35)(H,31,36). The maximum Gasteiger partial charge on any atom is 0.407 e. The molecule has 1 aliphatic heterocycles. The average Bonchev–Trinajstić information content (AvgIpc) is 2.87. The molecule has 1 saturated heterocycles. The molecule has 192 valence electrons. The summed E-state index contributed by atoms with van der Waals surface area (Å²) in [5.41, 5.74) is 0.832. The Hall–Kier alpha value is -4.46. The molecule has 4 heterocycles. The number of aromatic nitrogens is 3. The predicted octanol–water partition coefficient (Wildman–Crippen LogP) is 3.03. The fourth-order valence-electron chi connectivity index (χ4n) is 4.01. The van der Waals surface area contributed by atoms with Gasteiger partial charge in [0.05, 0.1) is 11.7 Å². The van der Waals surface area contributed by atoms with Crippen molar-refractivity contribution in [1.29, 1.82) is 5.26 Å². The van der Waals surface area contributed by atoms with E-state index in [1.165, 1.54) is 12.4 Å². The number of carbonyl (C=O) groups is 2. The second-order valence-corrected chi connectivity index (χ2v) is 9.81. The van der Waals surface area contributed by atoms with Crippen LogP contribution in [0, 0.1) is 11.3 Å². The first-order chi connectivity index (χ1) is 17.6. The van der Waals surface area contributed by atoms with Crippen molar-refractivity contribution in [1.82, 2.24) is 25.6 Å². The zero-order valence-corrected chi connectivity index (χ0v) is 21.0. The lowest BCUT2D eigenvalue weighted by Crippen LogP contribution is -2.46. The van der Waals surface area contributed by atoms with E-state index in [2.05, 4.69) is 30.5 Å². The summed E-state index contributed by atoms with van der Waals surface area (Å²) < 4.78 is 5.34. The van der Waals surface area contributed by atoms with E-state index < -0.39 is 17.6 Å². The van der Waals surface area contributed by atoms with E-state index in [1.807, 2.05) is 26.8 Å². The number of aromatic hydroxyl groups is 1. The van der Waals surface area contributed by atoms with Crippen molar-refractivity contribution >= 4 is 28.7 Å². The Morgan fingerprint density at radius 1 is 1.16 bits per heavy atom. The van der Waals surface area contributed by atoms with Crippen molar-refractivity contribution < 1.29 is 19.4 Å². The van der Waals surface area contributed by atoms with Gasteiger partial charge in [-0.25, -0.2) is 19.7 Å². The molecule has 0 bridgehead atoms. The molecule has 1 fully saturated rings. The number of ether oxygens (including phenoxy) is 1. The highest BCUT2D eigenvalue weighted by atomic mass is 16.6. The molecule has 11 nitrogen and oxygen atoms in total. The van der Waals surface area contributed by atoms with Gasteiger partial charge in [0, 0.05) is 37.3 Å². The van der Waals surface area contributed by atoms with Crippen LogP contribution >= 0.6 is 0 Å². The molecular formula is C26H29N7O4. The van der Waals surface area contributed by atoms with Crippen LogP contribution < -0.4 is 15.5 Å². The average molecular weight is 504 g/mol. The highest BCUT2D eigenvalue weighted by Crippen LogP contribution is 2.29. The zero-order valence-electron chi connectivity index (χ0n) is 21.0. The molecule has 3 N–H and O–H groups in total. The largest absolute Gasteiger partial charge is 0.505 e. The molecule has 3 aromatic heterocycles. The molecular weight excluding hydrogens is 474 g/mol. The Bertz CT molecular complexity index is 1340. The molecule has 0 aromatic carbocycles. The van der Waals surface area contributed by atoms with E-state index >= 15 is 0 Å². The number of rotatable bonds is 5. The molecule has 1 aliphatic rings. The normalized spacial score (nSPS) is 14.2. The second kappa shape index (κ2) is 10.7. The first-order valence-electron chi connectivity index (χ1n) is 12.0. The molecule has 2 amide bonds. The zero-order chi connectivity index (χ0) is 26.6. The van der Waals surface area contributed by atoms with E-state index in [9.17, 15) is 14.7 Å². The number of carbonyl (C=O) groups excluding carboxylic acids is 2. The Balaban J connectivity index is 1.38. The maximum absolute atomic E-state index is 12.6. The van der Waals surface area contributed by atoms with Gasteiger partial charge in [-0.3, -0.25) is 4.79 Å². The Labute approximate surface area is 214 Å². The summed E-state index contributed by atoms with van der Waals surface area (Å²) in [5.74, 6) is -0.0467. The van der Waals surface area contributed by atoms with Gasteiger partial charge in [0.25, 0.3) is 5.91 Å². The van der Waals surface area contributed by atoms with Crippen LogP contribution in [-0.2, 0) is 11.3 Å². The third kappa shape index (κ3) is 6.41. The number of fused-ring (bicyclic) bond motifs is 1. The molecule has 37 heavy (non-hydrogen) atoms. The van der Waals surface area contributed by atoms with Gasteiger partial charge in [-0.1, -0.05) is 6.07 Å². The van der Waals surface area contributed by atoms with Crippen LogP contribution in [0.25, 0.3) is 10.9 Å². The number of nitrogens with one attached hydrogen (secondary N) is 2. The molecule has 0 saturated carbocycles. The summed E-state index contributed by atoms with van der Waals surface area (Å²) in [4.78, 5) is 39.5. The van der Waals surface area contributed by atoms with Crippen molar-refractivity contribution in [3.8, 4) is 11.8 Å². The lowest BCUT2D eigenvalue weighted by Gasteiger charge is -2.33. The first-order valence-corrected chi connectivity index (χ1v) is 12.0. The van der Waals surface area contributed by atoms with Crippen molar-refractivity contribution in [3.05, 3.63) is 53.6 Å². The van der Waals surface area contributed by atoms with Gasteiger partial charge in [0.2, 0.25) is 0 Å². The third-order valence-electron chi connectivity index (χ3n) is 5.85. The fourth-order valence-corrected chi connectivity index (χ4v) is 4.01. The summed E-state index contributed by atoms with van der Waals surface area (Å²) >= 11 is 0. The van der Waals surface area contributed by atoms with Gasteiger partial charge >= 0.3 is 6.09 Å². The predicted molar refractivity (Wildman–Crippen MR) is 136 cm³/mol. The van der Waals surface area contributed by atoms with E-state index in [0.717, 1.165) is 18.7 Å². The smallest absolute Gasteiger partial charge is 0.407 e. The number of anilines is 1. The topological polar surface area (TPSA) is 153 Å². The van der Waals surface area contributed by atoms with Crippen LogP contribution in [-0.4, -0.2) is 56.8 Å². The molecule has 3 aromatic rings. The Morgan fingerprint density at radius 2 is 1.92 bits per heavy atom. The lowest BCUT2D eigenvalue weighted by molar-refractivity contribution is 0.0497. The van der Waals surface area contributed by atoms with E-state index in [1.54, 1.807) is 24.3 Å². The number of nitrogens with zero attached hydrogens (tertiary/aromatic N) is 5. The number of hydrogen-bond donors (Lipinski definition) is 3. The van der Waals surface area contributed by atoms with Gasteiger partial charge in [-0.15, -0.1) is 0 Å². The SMILES string of the molecule is CC(C)(C)OC(=O)NC1CCN(c2ccc3c(O)c(C(=O)NCc4ccc(C#N)nc4)ncc3n2)CC1. The number of piperidine rings is 1. The van der Waals surface area contributed by atoms with Crippen LogP contribution in [0.1, 0.15) is 55.4 Å². The van der Waals surface area contributed by atoms with Crippen LogP contribution in [0.2, 0.25) is 0 Å². The lowest BCUT2D eigenvalue weighted by atomic mass is 10.1. The summed E-state index contributed by atoms with van der Waals surface area (Å²) in [5, 5.41) is 25.6. The van der Waals surface area contributed by atoms with Crippen molar-refractivity contribution in [2.24, 2.45) is 0 Å². The van der Waals surface area contributed by atoms with Crippen LogP contribution in [0.5, 0.6) is 5.75 Å². The molecule has 0 unspecified atom stereocenters. The molecule has 4 rings (SSSR count). The monoisotopic (exact) mass is 503 g/mol.